The van der Waals surface area contributed by atoms with E-state index in [4.69, 9.17) is 67.2 Å². The summed E-state index contributed by atoms with van der Waals surface area (Å²) in [6.07, 6.45) is 15.5. The maximum atomic E-state index is 12.3. The Bertz CT molecular complexity index is 4580. The number of ether oxygens (including phenoxy) is 7. The number of nitriles is 2. The number of nitrogens with one attached hydrogen (secondary N) is 2. The lowest BCUT2D eigenvalue weighted by Crippen LogP contribution is -2.47. The number of primary amides is 2. The average Bonchev–Trinajstić information content (AvgIpc) is 0.792. The Hall–Kier alpha value is -10.5. The van der Waals surface area contributed by atoms with Gasteiger partial charge < -0.3 is 75.7 Å². The fraction of sp³-hybridized carbons (Fsp3) is 0.482. The van der Waals surface area contributed by atoms with Crippen LogP contribution >= 0.6 is 11.6 Å². The molecule has 8 heterocycles. The van der Waals surface area contributed by atoms with Crippen molar-refractivity contribution >= 4 is 102 Å². The van der Waals surface area contributed by atoms with E-state index < -0.39 is 28.6 Å². The predicted octanol–water partition coefficient (Wildman–Crippen LogP) is 13.7. The number of alkyl carbamates (subject to hydrolysis) is 1. The van der Waals surface area contributed by atoms with Crippen LogP contribution in [0, 0.1) is 34.5 Å². The first kappa shape index (κ1) is 86.7. The number of hydrogen-bond donors (Lipinski definition) is 5. The van der Waals surface area contributed by atoms with Crippen LogP contribution in [0.15, 0.2) is 97.6 Å². The molecule has 4 aromatic heterocycles. The zero-order valence-electron chi connectivity index (χ0n) is 66.3. The van der Waals surface area contributed by atoms with Crippen LogP contribution in [0.3, 0.4) is 0 Å². The third-order valence-corrected chi connectivity index (χ3v) is 18.5. The number of aromatic nitrogens is 4. The monoisotopic (exact) mass is 1530 g/mol. The first-order valence-corrected chi connectivity index (χ1v) is 37.8. The van der Waals surface area contributed by atoms with E-state index >= 15 is 0 Å². The highest BCUT2D eigenvalue weighted by Crippen LogP contribution is 2.38. The Morgan fingerprint density at radius 2 is 0.891 bits per heavy atom. The molecule has 4 aromatic carbocycles. The van der Waals surface area contributed by atoms with E-state index in [1.165, 1.54) is 21.3 Å². The Morgan fingerprint density at radius 1 is 0.518 bits per heavy atom. The topological polar surface area (TPSA) is 361 Å². The minimum Gasteiger partial charge on any atom is -0.496 e. The largest absolute Gasteiger partial charge is 0.496 e. The lowest BCUT2D eigenvalue weighted by Gasteiger charge is -2.34. The van der Waals surface area contributed by atoms with Gasteiger partial charge in [-0.15, -0.1) is 0 Å². The standard InChI is InChI=1S/C22H29N3O4.C22H27N3O3.C16H20N4O2.C11H7ClN2O.C10H20N2O2.C2H6/c1-22(2,3)29-19(26)10-14-6-5-9-25(13-14)21-16-12-18(28-4)17(20(23)27)11-15(16)7-8-24-21;1-22(2,3)28-20(26)10-15-6-5-9-25(14-15)21-18-12-19(27-4)17(13-23)11-16(18)7-8-24-21;1-22-14-8-12-10(7-13(14)15(18)21)4-5-19-16(12)20-6-2-3-11(17)9-20;1-15-10-5-9-7(4-8(10)6-13)2-3-14-11(9)12;1-10(2,3)14-9(13)12-8-5-4-6-11-7-8;1-2/h7-8,11-12,14H,5-6,9-10,13H2,1-4H3,(H2,23,27);7-8,11-12,15H,5-6,9-10,14H2,1-4H3;4-5,7-8,11H,2-3,6,9,17H2,1H3,(H2,18,21);2-5H,1H3;8,11H,4-7H2,1-3H3,(H,12,13);1-2H3/t14-;15-;11-;;8-;/m110.0./s1. The van der Waals surface area contributed by atoms with E-state index in [0.29, 0.717) is 63.2 Å². The third-order valence-electron chi connectivity index (χ3n) is 18.2. The Kier molecular flexibility index (Phi) is 31.7. The number of nitrogens with two attached hydrogens (primary N) is 3. The predicted molar refractivity (Wildman–Crippen MR) is 431 cm³/mol. The summed E-state index contributed by atoms with van der Waals surface area (Å²) in [5.74, 6) is 3.64. The van der Waals surface area contributed by atoms with Crippen LogP contribution in [0.25, 0.3) is 43.1 Å². The molecule has 27 heteroatoms. The summed E-state index contributed by atoms with van der Waals surface area (Å²) >= 11 is 5.93. The number of fused-ring (bicyclic) bond motifs is 4. The molecule has 4 atom stereocenters. The number of carbonyl (C=O) groups is 5. The molecule has 590 valence electrons. The van der Waals surface area contributed by atoms with Crippen molar-refractivity contribution in [3.8, 4) is 35.1 Å². The number of methoxy groups -OCH3 is 4. The van der Waals surface area contributed by atoms with E-state index in [2.05, 4.69) is 57.4 Å². The molecule has 4 aliphatic heterocycles. The third kappa shape index (κ3) is 25.0. The number of hydrogen-bond acceptors (Lipinski definition) is 23. The van der Waals surface area contributed by atoms with Gasteiger partial charge >= 0.3 is 18.0 Å². The molecule has 0 unspecified atom stereocenters. The van der Waals surface area contributed by atoms with Gasteiger partial charge in [0.25, 0.3) is 11.8 Å². The second-order valence-electron chi connectivity index (χ2n) is 30.1. The van der Waals surface area contributed by atoms with Crippen molar-refractivity contribution in [1.29, 1.82) is 10.5 Å². The summed E-state index contributed by atoms with van der Waals surface area (Å²) in [7, 11) is 6.13. The van der Waals surface area contributed by atoms with Crippen LogP contribution in [-0.2, 0) is 23.8 Å². The van der Waals surface area contributed by atoms with Crippen molar-refractivity contribution in [2.24, 2.45) is 29.0 Å². The molecular weight excluding hydrogens is 1420 g/mol. The maximum Gasteiger partial charge on any atom is 0.407 e. The summed E-state index contributed by atoms with van der Waals surface area (Å²) in [6.45, 7) is 27.8. The number of rotatable bonds is 14. The average molecular weight is 1530 g/mol. The number of anilines is 3. The number of nitrogens with zero attached hydrogens (tertiary/aromatic N) is 9. The molecule has 0 spiro atoms. The van der Waals surface area contributed by atoms with E-state index in [9.17, 15) is 29.2 Å². The summed E-state index contributed by atoms with van der Waals surface area (Å²) in [5, 5.41) is 31.9. The smallest absolute Gasteiger partial charge is 0.407 e. The van der Waals surface area contributed by atoms with Gasteiger partial charge in [0.05, 0.1) is 63.5 Å². The number of halogens is 1. The van der Waals surface area contributed by atoms with Crippen LogP contribution in [0.4, 0.5) is 22.2 Å². The molecule has 4 fully saturated rings. The van der Waals surface area contributed by atoms with E-state index in [1.807, 2.05) is 125 Å². The Labute approximate surface area is 650 Å². The number of carbonyl (C=O) groups excluding carboxylic acids is 5. The molecule has 0 radical (unpaired) electrons. The van der Waals surface area contributed by atoms with Crippen molar-refractivity contribution < 1.29 is 57.1 Å². The first-order chi connectivity index (χ1) is 52.3. The van der Waals surface area contributed by atoms with E-state index in [0.717, 1.165) is 164 Å². The molecule has 110 heavy (non-hydrogen) atoms. The normalized spacial score (nSPS) is 17.0. The number of benzene rings is 4. The van der Waals surface area contributed by atoms with Crippen LogP contribution in [0.1, 0.15) is 172 Å². The van der Waals surface area contributed by atoms with Gasteiger partial charge in [0, 0.05) is 104 Å². The molecule has 8 N–H and O–H groups in total. The first-order valence-electron chi connectivity index (χ1n) is 37.4. The number of piperidine rings is 4. The van der Waals surface area contributed by atoms with Crippen LogP contribution < -0.4 is 61.5 Å². The highest BCUT2D eigenvalue weighted by molar-refractivity contribution is 6.34. The van der Waals surface area contributed by atoms with Crippen molar-refractivity contribution in [3.05, 3.63) is 125 Å². The van der Waals surface area contributed by atoms with Gasteiger partial charge in [-0.3, -0.25) is 19.2 Å². The second kappa shape index (κ2) is 40.2. The molecule has 0 aliphatic carbocycles. The van der Waals surface area contributed by atoms with Gasteiger partial charge in [0.2, 0.25) is 0 Å². The fourth-order valence-corrected chi connectivity index (χ4v) is 13.7. The van der Waals surface area contributed by atoms with Crippen molar-refractivity contribution in [2.75, 3.05) is 95.5 Å². The second-order valence-corrected chi connectivity index (χ2v) is 30.4. The zero-order valence-corrected chi connectivity index (χ0v) is 67.1. The Balaban J connectivity index is 0.000000195. The maximum absolute atomic E-state index is 12.3. The molecule has 3 amide bonds. The van der Waals surface area contributed by atoms with Crippen molar-refractivity contribution in [1.82, 2.24) is 30.6 Å². The van der Waals surface area contributed by atoms with Crippen molar-refractivity contribution in [2.45, 2.75) is 169 Å². The molecule has 4 saturated heterocycles. The highest BCUT2D eigenvalue weighted by Gasteiger charge is 2.30. The molecule has 8 aromatic rings. The number of pyridine rings is 4. The molecule has 0 saturated carbocycles. The summed E-state index contributed by atoms with van der Waals surface area (Å²) in [6, 6.07) is 26.4. The Morgan fingerprint density at radius 3 is 1.26 bits per heavy atom. The number of amides is 3. The molecule has 26 nitrogen and oxygen atoms in total. The number of esters is 2. The highest BCUT2D eigenvalue weighted by atomic mass is 35.5. The van der Waals surface area contributed by atoms with Gasteiger partial charge in [-0.05, 0) is 226 Å². The lowest BCUT2D eigenvalue weighted by molar-refractivity contribution is -0.157. The minimum absolute atomic E-state index is 0.148. The van der Waals surface area contributed by atoms with Gasteiger partial charge in [-0.2, -0.15) is 10.5 Å². The van der Waals surface area contributed by atoms with Gasteiger partial charge in [0.1, 0.15) is 74.5 Å². The summed E-state index contributed by atoms with van der Waals surface area (Å²) in [4.78, 5) is 83.4. The lowest BCUT2D eigenvalue weighted by atomic mass is 9.94. The summed E-state index contributed by atoms with van der Waals surface area (Å²) < 4.78 is 37.3. The van der Waals surface area contributed by atoms with Gasteiger partial charge in [-0.1, -0.05) is 25.4 Å². The summed E-state index contributed by atoms with van der Waals surface area (Å²) in [5.41, 5.74) is 17.3. The molecule has 12 rings (SSSR count). The molecular formula is C83H109ClN14O12. The van der Waals surface area contributed by atoms with Crippen LogP contribution in [0.5, 0.6) is 23.0 Å². The van der Waals surface area contributed by atoms with Gasteiger partial charge in [0.15, 0.2) is 0 Å². The van der Waals surface area contributed by atoms with Crippen LogP contribution in [0.2, 0.25) is 5.15 Å². The fourth-order valence-electron chi connectivity index (χ4n) is 13.5. The molecule has 4 aliphatic rings. The minimum atomic E-state index is -0.530. The SMILES string of the molecule is CC.CC(C)(C)OC(=O)N[C@H]1CCCNC1.COc1cc2c(Cl)nccc2cc1C#N.COc1cc2c(N3CCC[C@H](CC(=O)OC(C)(C)C)C3)nccc2cc1C#N.COc1cc2c(N3CCC[C@H](CC(=O)OC(C)(C)C)C3)nccc2cc1C(N)=O.COc1cc2c(N3CCC[C@H](N)C3)nccc2cc1C(N)=O. The van der Waals surface area contributed by atoms with Crippen molar-refractivity contribution in [3.63, 3.8) is 0 Å². The zero-order chi connectivity index (χ0) is 80.6. The van der Waals surface area contributed by atoms with Crippen LogP contribution in [-0.4, -0.2) is 159 Å². The molecule has 0 bridgehead atoms. The van der Waals surface area contributed by atoms with E-state index in [-0.39, 0.29) is 42.0 Å². The van der Waals surface area contributed by atoms with Gasteiger partial charge in [-0.25, -0.2) is 24.7 Å². The van der Waals surface area contributed by atoms with E-state index in [1.54, 1.807) is 56.2 Å². The quantitative estimate of drug-likeness (QED) is 0.0383.